The lowest BCUT2D eigenvalue weighted by Gasteiger charge is -2.24. The van der Waals surface area contributed by atoms with Crippen molar-refractivity contribution in [1.82, 2.24) is 0 Å². The van der Waals surface area contributed by atoms with Crippen LogP contribution in [0, 0.1) is 5.82 Å². The molecule has 0 saturated carbocycles. The van der Waals surface area contributed by atoms with Crippen molar-refractivity contribution < 1.29 is 23.8 Å². The van der Waals surface area contributed by atoms with Gasteiger partial charge in [-0.15, -0.1) is 11.3 Å². The number of rotatable bonds is 5. The fourth-order valence-electron chi connectivity index (χ4n) is 3.72. The highest BCUT2D eigenvalue weighted by molar-refractivity contribution is 7.10. The van der Waals surface area contributed by atoms with E-state index in [1.807, 2.05) is 30.5 Å². The summed E-state index contributed by atoms with van der Waals surface area (Å²) in [6, 6.07) is 13.8. The molecule has 0 radical (unpaired) electrons. The number of carbonyl (C=O) groups is 2. The average Bonchev–Trinajstić information content (AvgIpc) is 3.40. The molecule has 1 atom stereocenters. The van der Waals surface area contributed by atoms with Gasteiger partial charge >= 0.3 is 0 Å². The van der Waals surface area contributed by atoms with E-state index in [9.17, 15) is 19.1 Å². The molecule has 2 aromatic carbocycles. The minimum Gasteiger partial charge on any atom is -0.507 e. The summed E-state index contributed by atoms with van der Waals surface area (Å²) in [5.74, 6) is -2.45. The number of amides is 1. The second-order valence-corrected chi connectivity index (χ2v) is 8.03. The molecule has 2 heterocycles. The van der Waals surface area contributed by atoms with Gasteiger partial charge in [0.15, 0.2) is 0 Å². The predicted molar refractivity (Wildman–Crippen MR) is 118 cm³/mol. The van der Waals surface area contributed by atoms with Gasteiger partial charge in [-0.3, -0.25) is 14.5 Å². The molecule has 1 aromatic heterocycles. The molecule has 0 bridgehead atoms. The first-order chi connectivity index (χ1) is 15.0. The molecule has 1 unspecified atom stereocenters. The molecule has 1 aliphatic rings. The third-order valence-corrected chi connectivity index (χ3v) is 6.22. The van der Waals surface area contributed by atoms with E-state index in [-0.39, 0.29) is 16.9 Å². The third kappa shape index (κ3) is 3.61. The number of halogens is 1. The van der Waals surface area contributed by atoms with E-state index in [0.29, 0.717) is 10.6 Å². The van der Waals surface area contributed by atoms with Crippen LogP contribution in [0.25, 0.3) is 5.76 Å². The summed E-state index contributed by atoms with van der Waals surface area (Å²) in [5, 5.41) is 12.9. The zero-order chi connectivity index (χ0) is 22.1. The normalized spacial score (nSPS) is 17.9. The molecule has 1 N–H and O–H groups in total. The van der Waals surface area contributed by atoms with Gasteiger partial charge in [-0.2, -0.15) is 0 Å². The van der Waals surface area contributed by atoms with Gasteiger partial charge in [-0.25, -0.2) is 4.39 Å². The Morgan fingerprint density at radius 1 is 1.16 bits per heavy atom. The van der Waals surface area contributed by atoms with Crippen LogP contribution in [0.15, 0.2) is 65.6 Å². The molecule has 158 valence electrons. The van der Waals surface area contributed by atoms with E-state index < -0.39 is 29.3 Å². The molecular weight excluding hydrogens is 417 g/mol. The van der Waals surface area contributed by atoms with Gasteiger partial charge in [0.05, 0.1) is 18.2 Å². The number of hydrogen-bond acceptors (Lipinski definition) is 5. The van der Waals surface area contributed by atoms with Crippen molar-refractivity contribution in [1.29, 1.82) is 0 Å². The monoisotopic (exact) mass is 437 g/mol. The summed E-state index contributed by atoms with van der Waals surface area (Å²) in [7, 11) is 1.38. The van der Waals surface area contributed by atoms with Crippen molar-refractivity contribution in [3.63, 3.8) is 0 Å². The number of nitrogens with zero attached hydrogens (tertiary/aromatic N) is 1. The first-order valence-corrected chi connectivity index (χ1v) is 10.6. The molecule has 1 amide bonds. The largest absolute Gasteiger partial charge is 0.507 e. The Balaban J connectivity index is 1.93. The van der Waals surface area contributed by atoms with Crippen LogP contribution in [0.1, 0.15) is 29.0 Å². The minimum atomic E-state index is -0.833. The summed E-state index contributed by atoms with van der Waals surface area (Å²) < 4.78 is 19.2. The van der Waals surface area contributed by atoms with E-state index >= 15 is 0 Å². The Morgan fingerprint density at radius 2 is 1.90 bits per heavy atom. The van der Waals surface area contributed by atoms with Gasteiger partial charge in [-0.1, -0.05) is 25.1 Å². The van der Waals surface area contributed by atoms with E-state index in [1.54, 1.807) is 18.2 Å². The Hall–Kier alpha value is -3.45. The van der Waals surface area contributed by atoms with Crippen LogP contribution in [-0.4, -0.2) is 23.9 Å². The highest BCUT2D eigenvalue weighted by Crippen LogP contribution is 2.44. The van der Waals surface area contributed by atoms with Crippen LogP contribution in [0.4, 0.5) is 10.1 Å². The number of benzene rings is 2. The highest BCUT2D eigenvalue weighted by atomic mass is 32.1. The lowest BCUT2D eigenvalue weighted by Crippen LogP contribution is -2.29. The SMILES string of the molecule is CCc1ccc(N2C(=O)C(=O)/C(=C(\O)c3cc(F)ccc3OC)C2c2cccs2)cc1. The van der Waals surface area contributed by atoms with Crippen molar-refractivity contribution in [2.45, 2.75) is 19.4 Å². The van der Waals surface area contributed by atoms with Gasteiger partial charge in [-0.05, 0) is 53.8 Å². The summed E-state index contributed by atoms with van der Waals surface area (Å²) in [6.45, 7) is 2.03. The smallest absolute Gasteiger partial charge is 0.300 e. The average molecular weight is 437 g/mol. The van der Waals surface area contributed by atoms with Gasteiger partial charge in [0.2, 0.25) is 0 Å². The van der Waals surface area contributed by atoms with E-state index in [1.165, 1.54) is 35.5 Å². The fourth-order valence-corrected chi connectivity index (χ4v) is 4.54. The number of hydrogen-bond donors (Lipinski definition) is 1. The zero-order valence-corrected chi connectivity index (χ0v) is 17.8. The van der Waals surface area contributed by atoms with Crippen LogP contribution in [0.2, 0.25) is 0 Å². The number of ketones is 1. The molecule has 4 rings (SSSR count). The van der Waals surface area contributed by atoms with Gasteiger partial charge in [0, 0.05) is 10.6 Å². The number of aliphatic hydroxyl groups is 1. The van der Waals surface area contributed by atoms with Crippen molar-refractivity contribution in [3.05, 3.63) is 87.4 Å². The molecule has 1 saturated heterocycles. The number of carbonyl (C=O) groups excluding carboxylic acids is 2. The highest BCUT2D eigenvalue weighted by Gasteiger charge is 2.47. The number of anilines is 1. The Kier molecular flexibility index (Phi) is 5.61. The molecule has 0 aliphatic carbocycles. The van der Waals surface area contributed by atoms with Crippen LogP contribution in [0.5, 0.6) is 5.75 Å². The quantitative estimate of drug-likeness (QED) is 0.343. The molecule has 7 heteroatoms. The minimum absolute atomic E-state index is 0.0170. The number of ether oxygens (including phenoxy) is 1. The first-order valence-electron chi connectivity index (χ1n) is 9.73. The number of thiophene rings is 1. The maximum absolute atomic E-state index is 13.9. The standard InChI is InChI=1S/C24H20FNO4S/c1-3-14-6-9-16(10-7-14)26-21(19-5-4-12-31-19)20(23(28)24(26)29)22(27)17-13-15(25)8-11-18(17)30-2/h4-13,21,27H,3H2,1-2H3/b22-20-. The van der Waals surface area contributed by atoms with Gasteiger partial charge < -0.3 is 9.84 Å². The van der Waals surface area contributed by atoms with Crippen LogP contribution >= 0.6 is 11.3 Å². The van der Waals surface area contributed by atoms with Crippen molar-refractivity contribution in [2.75, 3.05) is 12.0 Å². The van der Waals surface area contributed by atoms with Crippen LogP contribution in [-0.2, 0) is 16.0 Å². The summed E-state index contributed by atoms with van der Waals surface area (Å²) in [4.78, 5) is 28.2. The van der Waals surface area contributed by atoms with Crippen LogP contribution < -0.4 is 9.64 Å². The molecule has 1 fully saturated rings. The Bertz CT molecular complexity index is 1170. The molecule has 5 nitrogen and oxygen atoms in total. The Morgan fingerprint density at radius 3 is 2.52 bits per heavy atom. The lowest BCUT2D eigenvalue weighted by molar-refractivity contribution is -0.132. The third-order valence-electron chi connectivity index (χ3n) is 5.30. The Labute approximate surface area is 183 Å². The van der Waals surface area contributed by atoms with Gasteiger partial charge in [0.25, 0.3) is 11.7 Å². The second kappa shape index (κ2) is 8.35. The zero-order valence-electron chi connectivity index (χ0n) is 17.0. The van der Waals surface area contributed by atoms with E-state index in [2.05, 4.69) is 0 Å². The first kappa shape index (κ1) is 20.8. The van der Waals surface area contributed by atoms with Crippen LogP contribution in [0.3, 0.4) is 0 Å². The maximum atomic E-state index is 13.9. The van der Waals surface area contributed by atoms with Crippen molar-refractivity contribution >= 4 is 34.5 Å². The second-order valence-electron chi connectivity index (χ2n) is 7.05. The fraction of sp³-hybridized carbons (Fsp3) is 0.167. The summed E-state index contributed by atoms with van der Waals surface area (Å²) in [6.07, 6.45) is 0.840. The number of aliphatic hydroxyl groups excluding tert-OH is 1. The van der Waals surface area contributed by atoms with Crippen molar-refractivity contribution in [3.8, 4) is 5.75 Å². The molecule has 3 aromatic rings. The topological polar surface area (TPSA) is 66.8 Å². The molecular formula is C24H20FNO4S. The predicted octanol–water partition coefficient (Wildman–Crippen LogP) is 5.08. The molecule has 0 spiro atoms. The summed E-state index contributed by atoms with van der Waals surface area (Å²) >= 11 is 1.36. The number of Topliss-reactive ketones (excluding diaryl/α,β-unsaturated/α-hetero) is 1. The maximum Gasteiger partial charge on any atom is 0.300 e. The van der Waals surface area contributed by atoms with E-state index in [0.717, 1.165) is 18.1 Å². The summed E-state index contributed by atoms with van der Waals surface area (Å²) in [5.41, 5.74) is 1.56. The number of methoxy groups -OCH3 is 1. The van der Waals surface area contributed by atoms with Gasteiger partial charge in [0.1, 0.15) is 23.4 Å². The number of aryl methyl sites for hydroxylation is 1. The lowest BCUT2D eigenvalue weighted by atomic mass is 9.99. The molecule has 1 aliphatic heterocycles. The molecule has 31 heavy (non-hydrogen) atoms. The van der Waals surface area contributed by atoms with Crippen molar-refractivity contribution in [2.24, 2.45) is 0 Å². The van der Waals surface area contributed by atoms with E-state index in [4.69, 9.17) is 4.74 Å².